The van der Waals surface area contributed by atoms with Gasteiger partial charge >= 0.3 is 0 Å². The Balaban J connectivity index is 1.66. The van der Waals surface area contributed by atoms with Crippen LogP contribution in [0.1, 0.15) is 76.7 Å². The van der Waals surface area contributed by atoms with Crippen molar-refractivity contribution < 1.29 is 56.8 Å². The lowest BCUT2D eigenvalue weighted by atomic mass is 10.0. The Kier molecular flexibility index (Phi) is 43.0. The molecule has 0 aliphatic rings. The molecule has 0 amide bonds. The zero-order valence-electron chi connectivity index (χ0n) is 34.3. The van der Waals surface area contributed by atoms with Crippen LogP contribution in [-0.2, 0) is 58.5 Å². The molecule has 13 heteroatoms. The van der Waals surface area contributed by atoms with Gasteiger partial charge in [-0.2, -0.15) is 0 Å². The topological polar surface area (TPSA) is 111 Å². The highest BCUT2D eigenvalue weighted by Crippen LogP contribution is 2.15. The minimum atomic E-state index is 0.513. The third-order valence-electron chi connectivity index (χ3n) is 8.13. The van der Waals surface area contributed by atoms with Crippen LogP contribution in [0.4, 0.5) is 0 Å². The molecule has 1 aromatic carbocycles. The molecular formula is C42H77ClO12. The zero-order valence-corrected chi connectivity index (χ0v) is 35.1. The number of ether oxygens (including phenoxy) is 12. The van der Waals surface area contributed by atoms with E-state index in [0.29, 0.717) is 145 Å². The summed E-state index contributed by atoms with van der Waals surface area (Å²) < 4.78 is 66.5. The van der Waals surface area contributed by atoms with Gasteiger partial charge in [0.1, 0.15) is 12.4 Å². The smallest absolute Gasteiger partial charge is 0.119 e. The van der Waals surface area contributed by atoms with Gasteiger partial charge in [0.05, 0.1) is 139 Å². The molecule has 0 spiro atoms. The highest BCUT2D eigenvalue weighted by atomic mass is 35.5. The van der Waals surface area contributed by atoms with Crippen molar-refractivity contribution in [1.29, 1.82) is 0 Å². The number of hydrogen-bond donors (Lipinski definition) is 0. The van der Waals surface area contributed by atoms with E-state index in [1.807, 2.05) is 0 Å². The fraction of sp³-hybridized carbons (Fsp3) is 0.857. The second kappa shape index (κ2) is 45.6. The van der Waals surface area contributed by atoms with Gasteiger partial charge in [0.15, 0.2) is 0 Å². The van der Waals surface area contributed by atoms with Gasteiger partial charge in [0.25, 0.3) is 0 Å². The summed E-state index contributed by atoms with van der Waals surface area (Å²) in [6.07, 6.45) is 13.6. The van der Waals surface area contributed by atoms with E-state index in [1.54, 1.807) is 0 Å². The van der Waals surface area contributed by atoms with Crippen LogP contribution in [0.25, 0.3) is 0 Å². The summed E-state index contributed by atoms with van der Waals surface area (Å²) in [5.41, 5.74) is 1.38. The van der Waals surface area contributed by atoms with Crippen LogP contribution < -0.4 is 4.74 Å². The standard InChI is InChI=1S/C42H77ClO12/c1-2-3-4-5-6-9-12-41-13-15-42(16-14-41)55-40-39-54-38-37-53-36-35-52-34-33-51-32-31-50-30-29-49-28-27-48-26-25-47-24-23-46-22-21-45-20-19-44-18-11-8-7-10-17-43/h13-16H,2-12,17-40H2,1H3. The van der Waals surface area contributed by atoms with Crippen LogP contribution in [0.15, 0.2) is 24.3 Å². The number of benzene rings is 1. The molecule has 0 aliphatic carbocycles. The summed E-state index contributed by atoms with van der Waals surface area (Å²) in [6, 6.07) is 8.44. The number of rotatable bonds is 47. The van der Waals surface area contributed by atoms with E-state index in [9.17, 15) is 0 Å². The Morgan fingerprint density at radius 3 is 1.02 bits per heavy atom. The summed E-state index contributed by atoms with van der Waals surface area (Å²) in [6.45, 7) is 14.7. The molecule has 0 aromatic heterocycles. The number of hydrogen-bond acceptors (Lipinski definition) is 12. The molecule has 1 rings (SSSR count). The molecule has 0 bridgehead atoms. The SMILES string of the molecule is CCCCCCCCc1ccc(OCCOCCOCCOCCOCCOCCOCCOCCOCCOCCOCCOCCCCCCCl)cc1. The first-order valence-corrected chi connectivity index (χ1v) is 21.5. The van der Waals surface area contributed by atoms with Gasteiger partial charge in [-0.25, -0.2) is 0 Å². The van der Waals surface area contributed by atoms with Crippen LogP contribution in [0.2, 0.25) is 0 Å². The van der Waals surface area contributed by atoms with Crippen molar-refractivity contribution in [2.75, 3.05) is 158 Å². The second-order valence-corrected chi connectivity index (χ2v) is 13.2. The van der Waals surface area contributed by atoms with Gasteiger partial charge in [-0.1, -0.05) is 64.0 Å². The molecule has 12 nitrogen and oxygen atoms in total. The van der Waals surface area contributed by atoms with E-state index < -0.39 is 0 Å². The summed E-state index contributed by atoms with van der Waals surface area (Å²) in [5.74, 6) is 1.63. The van der Waals surface area contributed by atoms with Crippen LogP contribution in [0.5, 0.6) is 5.75 Å². The maximum atomic E-state index is 5.78. The molecule has 0 saturated carbocycles. The van der Waals surface area contributed by atoms with E-state index in [1.165, 1.54) is 56.9 Å². The molecule has 0 atom stereocenters. The normalized spacial score (nSPS) is 11.5. The Bertz CT molecular complexity index is 854. The summed E-state index contributed by atoms with van der Waals surface area (Å²) in [5, 5.41) is 0. The predicted molar refractivity (Wildman–Crippen MR) is 217 cm³/mol. The molecule has 0 N–H and O–H groups in total. The van der Waals surface area contributed by atoms with Crippen LogP contribution in [0, 0.1) is 0 Å². The Morgan fingerprint density at radius 1 is 0.327 bits per heavy atom. The fourth-order valence-electron chi connectivity index (χ4n) is 5.03. The summed E-state index contributed by atoms with van der Waals surface area (Å²) in [7, 11) is 0. The van der Waals surface area contributed by atoms with Crippen molar-refractivity contribution in [3.05, 3.63) is 29.8 Å². The third-order valence-corrected chi connectivity index (χ3v) is 8.40. The number of halogens is 1. The highest BCUT2D eigenvalue weighted by molar-refractivity contribution is 6.17. The molecule has 0 radical (unpaired) electrons. The molecule has 0 aliphatic heterocycles. The monoisotopic (exact) mass is 809 g/mol. The van der Waals surface area contributed by atoms with Crippen molar-refractivity contribution in [3.63, 3.8) is 0 Å². The molecule has 324 valence electrons. The first-order chi connectivity index (χ1) is 27.4. The van der Waals surface area contributed by atoms with Crippen molar-refractivity contribution in [1.82, 2.24) is 0 Å². The largest absolute Gasteiger partial charge is 0.491 e. The van der Waals surface area contributed by atoms with Gasteiger partial charge in [0.2, 0.25) is 0 Å². The maximum absolute atomic E-state index is 5.78. The second-order valence-electron chi connectivity index (χ2n) is 12.8. The molecule has 0 heterocycles. The quantitative estimate of drug-likeness (QED) is 0.0502. The fourth-order valence-corrected chi connectivity index (χ4v) is 5.22. The lowest BCUT2D eigenvalue weighted by Crippen LogP contribution is -2.15. The van der Waals surface area contributed by atoms with Gasteiger partial charge in [0, 0.05) is 12.5 Å². The molecule has 0 saturated heterocycles. The number of alkyl halides is 1. The Morgan fingerprint density at radius 2 is 0.636 bits per heavy atom. The van der Waals surface area contributed by atoms with E-state index >= 15 is 0 Å². The van der Waals surface area contributed by atoms with Gasteiger partial charge in [-0.3, -0.25) is 0 Å². The third kappa shape index (κ3) is 40.9. The van der Waals surface area contributed by atoms with E-state index in [-0.39, 0.29) is 0 Å². The average molecular weight is 810 g/mol. The molecule has 0 fully saturated rings. The van der Waals surface area contributed by atoms with Crippen molar-refractivity contribution in [2.45, 2.75) is 77.6 Å². The van der Waals surface area contributed by atoms with Crippen LogP contribution in [-0.4, -0.2) is 158 Å². The Hall–Kier alpha value is -1.13. The van der Waals surface area contributed by atoms with Gasteiger partial charge in [-0.15, -0.1) is 11.6 Å². The van der Waals surface area contributed by atoms with Crippen LogP contribution in [0.3, 0.4) is 0 Å². The number of aryl methyl sites for hydroxylation is 1. The zero-order chi connectivity index (χ0) is 39.2. The van der Waals surface area contributed by atoms with Crippen LogP contribution >= 0.6 is 11.6 Å². The van der Waals surface area contributed by atoms with Crippen molar-refractivity contribution in [2.24, 2.45) is 0 Å². The minimum Gasteiger partial charge on any atom is -0.491 e. The summed E-state index contributed by atoms with van der Waals surface area (Å²) >= 11 is 5.66. The summed E-state index contributed by atoms with van der Waals surface area (Å²) in [4.78, 5) is 0. The average Bonchev–Trinajstić information content (AvgIpc) is 3.20. The molecule has 1 aromatic rings. The Labute approximate surface area is 338 Å². The van der Waals surface area contributed by atoms with E-state index in [0.717, 1.165) is 37.5 Å². The predicted octanol–water partition coefficient (Wildman–Crippen LogP) is 6.95. The first-order valence-electron chi connectivity index (χ1n) is 21.0. The maximum Gasteiger partial charge on any atom is 0.119 e. The molecule has 55 heavy (non-hydrogen) atoms. The number of unbranched alkanes of at least 4 members (excludes halogenated alkanes) is 8. The van der Waals surface area contributed by atoms with Crippen molar-refractivity contribution >= 4 is 11.6 Å². The lowest BCUT2D eigenvalue weighted by Gasteiger charge is -2.09. The molecular weight excluding hydrogens is 732 g/mol. The van der Waals surface area contributed by atoms with Gasteiger partial charge in [-0.05, 0) is 43.4 Å². The molecule has 0 unspecified atom stereocenters. The highest BCUT2D eigenvalue weighted by Gasteiger charge is 2.00. The first kappa shape index (κ1) is 51.9. The minimum absolute atomic E-state index is 0.513. The van der Waals surface area contributed by atoms with Crippen molar-refractivity contribution in [3.8, 4) is 5.75 Å². The van der Waals surface area contributed by atoms with E-state index in [2.05, 4.69) is 31.2 Å². The van der Waals surface area contributed by atoms with Gasteiger partial charge < -0.3 is 56.8 Å². The van der Waals surface area contributed by atoms with E-state index in [4.69, 9.17) is 68.4 Å². The lowest BCUT2D eigenvalue weighted by molar-refractivity contribution is -0.0277.